The van der Waals surface area contributed by atoms with Crippen LogP contribution in [-0.4, -0.2) is 32.2 Å². The maximum Gasteiger partial charge on any atom is 0.221 e. The summed E-state index contributed by atoms with van der Waals surface area (Å²) < 4.78 is 5.34. The van der Waals surface area contributed by atoms with Gasteiger partial charge in [-0.15, -0.1) is 0 Å². The van der Waals surface area contributed by atoms with E-state index in [0.29, 0.717) is 19.5 Å². The number of amides is 1. The molecule has 0 spiro atoms. The first-order valence-electron chi connectivity index (χ1n) is 5.35. The number of ether oxygens (including phenoxy) is 1. The minimum absolute atomic E-state index is 0.0288. The summed E-state index contributed by atoms with van der Waals surface area (Å²) in [6, 6.07) is 0. The molecule has 3 N–H and O–H groups in total. The van der Waals surface area contributed by atoms with Crippen LogP contribution in [0.15, 0.2) is 0 Å². The number of carbonyl (C=O) groups excluding carboxylic acids is 1. The summed E-state index contributed by atoms with van der Waals surface area (Å²) in [7, 11) is 0. The lowest BCUT2D eigenvalue weighted by molar-refractivity contribution is -0.120. The van der Waals surface area contributed by atoms with Crippen molar-refractivity contribution in [3.8, 4) is 0 Å². The van der Waals surface area contributed by atoms with Crippen molar-refractivity contribution in [3.63, 3.8) is 0 Å². The van der Waals surface area contributed by atoms with Crippen molar-refractivity contribution in [2.75, 3.05) is 26.3 Å². The topological polar surface area (TPSA) is 64.3 Å². The van der Waals surface area contributed by atoms with E-state index in [-0.39, 0.29) is 5.91 Å². The smallest absolute Gasteiger partial charge is 0.221 e. The highest BCUT2D eigenvalue weighted by atomic mass is 16.5. The Morgan fingerprint density at radius 3 is 2.71 bits per heavy atom. The molecule has 0 aliphatic carbocycles. The Morgan fingerprint density at radius 2 is 2.07 bits per heavy atom. The molecule has 0 saturated carbocycles. The van der Waals surface area contributed by atoms with Gasteiger partial charge in [0.25, 0.3) is 0 Å². The molecule has 0 aromatic heterocycles. The summed E-state index contributed by atoms with van der Waals surface area (Å²) in [4.78, 5) is 10.9. The quantitative estimate of drug-likeness (QED) is 0.540. The third-order valence-corrected chi connectivity index (χ3v) is 1.80. The van der Waals surface area contributed by atoms with Gasteiger partial charge in [0.05, 0.1) is 0 Å². The predicted molar refractivity (Wildman–Crippen MR) is 57.0 cm³/mol. The van der Waals surface area contributed by atoms with Crippen LogP contribution < -0.4 is 11.1 Å². The van der Waals surface area contributed by atoms with Crippen molar-refractivity contribution < 1.29 is 9.53 Å². The Morgan fingerprint density at radius 1 is 1.36 bits per heavy atom. The minimum Gasteiger partial charge on any atom is -0.381 e. The van der Waals surface area contributed by atoms with E-state index >= 15 is 0 Å². The van der Waals surface area contributed by atoms with Crippen LogP contribution in [0.5, 0.6) is 0 Å². The molecule has 0 heterocycles. The van der Waals surface area contributed by atoms with Gasteiger partial charge in [-0.1, -0.05) is 13.3 Å². The molecule has 1 amide bonds. The van der Waals surface area contributed by atoms with Gasteiger partial charge in [0, 0.05) is 32.7 Å². The van der Waals surface area contributed by atoms with Gasteiger partial charge in [-0.05, 0) is 12.8 Å². The first-order valence-corrected chi connectivity index (χ1v) is 5.35. The molecule has 84 valence electrons. The number of rotatable bonds is 9. The van der Waals surface area contributed by atoms with Crippen LogP contribution in [-0.2, 0) is 9.53 Å². The Bertz CT molecular complexity index is 140. The average molecular weight is 202 g/mol. The van der Waals surface area contributed by atoms with Crippen LogP contribution >= 0.6 is 0 Å². The Balaban J connectivity index is 3.01. The van der Waals surface area contributed by atoms with Gasteiger partial charge < -0.3 is 15.8 Å². The van der Waals surface area contributed by atoms with Crippen molar-refractivity contribution in [3.05, 3.63) is 0 Å². The molecule has 0 saturated heterocycles. The van der Waals surface area contributed by atoms with Gasteiger partial charge in [-0.25, -0.2) is 0 Å². The molecule has 0 unspecified atom stereocenters. The summed E-state index contributed by atoms with van der Waals surface area (Å²) in [6.45, 7) is 4.79. The van der Waals surface area contributed by atoms with Crippen LogP contribution in [0.2, 0.25) is 0 Å². The molecule has 14 heavy (non-hydrogen) atoms. The fourth-order valence-electron chi connectivity index (χ4n) is 0.970. The zero-order chi connectivity index (χ0) is 10.6. The summed E-state index contributed by atoms with van der Waals surface area (Å²) in [5.41, 5.74) is 5.23. The monoisotopic (exact) mass is 202 g/mol. The van der Waals surface area contributed by atoms with Crippen LogP contribution in [0.3, 0.4) is 0 Å². The largest absolute Gasteiger partial charge is 0.381 e. The van der Waals surface area contributed by atoms with E-state index in [0.717, 1.165) is 32.5 Å². The molecular weight excluding hydrogens is 180 g/mol. The third-order valence-electron chi connectivity index (χ3n) is 1.80. The maximum atomic E-state index is 10.9. The molecule has 0 aliphatic heterocycles. The zero-order valence-electron chi connectivity index (χ0n) is 9.05. The Kier molecular flexibility index (Phi) is 10.0. The first kappa shape index (κ1) is 13.4. The van der Waals surface area contributed by atoms with Crippen LogP contribution in [0.25, 0.3) is 0 Å². The highest BCUT2D eigenvalue weighted by Gasteiger charge is 1.97. The molecule has 4 heteroatoms. The number of unbranched alkanes of at least 4 members (excludes halogenated alkanes) is 1. The van der Waals surface area contributed by atoms with Crippen molar-refractivity contribution >= 4 is 5.91 Å². The van der Waals surface area contributed by atoms with Gasteiger partial charge in [0.2, 0.25) is 5.91 Å². The number of nitrogens with two attached hydrogens (primary N) is 1. The maximum absolute atomic E-state index is 10.9. The fourth-order valence-corrected chi connectivity index (χ4v) is 0.970. The fraction of sp³-hybridized carbons (Fsp3) is 0.900. The van der Waals surface area contributed by atoms with Gasteiger partial charge in [-0.2, -0.15) is 0 Å². The number of hydrogen-bond donors (Lipinski definition) is 2. The number of nitrogens with one attached hydrogen (secondary N) is 1. The molecule has 4 nitrogen and oxygen atoms in total. The zero-order valence-corrected chi connectivity index (χ0v) is 9.05. The summed E-state index contributed by atoms with van der Waals surface area (Å²) in [5.74, 6) is 0.0288. The summed E-state index contributed by atoms with van der Waals surface area (Å²) in [6.07, 6.45) is 3.56. The van der Waals surface area contributed by atoms with Crippen LogP contribution in [0, 0.1) is 0 Å². The lowest BCUT2D eigenvalue weighted by Crippen LogP contribution is -2.27. The average Bonchev–Trinajstić information content (AvgIpc) is 2.17. The third kappa shape index (κ3) is 9.48. The first-order chi connectivity index (χ1) is 6.81. The molecule has 0 fully saturated rings. The highest BCUT2D eigenvalue weighted by Crippen LogP contribution is 1.89. The van der Waals surface area contributed by atoms with E-state index < -0.39 is 0 Å². The van der Waals surface area contributed by atoms with E-state index in [1.165, 1.54) is 0 Å². The molecule has 0 atom stereocenters. The van der Waals surface area contributed by atoms with E-state index in [1.807, 2.05) is 0 Å². The minimum atomic E-state index is 0.0288. The highest BCUT2D eigenvalue weighted by molar-refractivity contribution is 5.75. The SMILES string of the molecule is CCCCOCCCNC(=O)CCN. The summed E-state index contributed by atoms with van der Waals surface area (Å²) >= 11 is 0. The van der Waals surface area contributed by atoms with E-state index in [2.05, 4.69) is 12.2 Å². The van der Waals surface area contributed by atoms with Gasteiger partial charge in [0.15, 0.2) is 0 Å². The number of hydrogen-bond acceptors (Lipinski definition) is 3. The molecule has 0 radical (unpaired) electrons. The second-order valence-corrected chi connectivity index (χ2v) is 3.21. The molecule has 0 bridgehead atoms. The van der Waals surface area contributed by atoms with Gasteiger partial charge in [0.1, 0.15) is 0 Å². The predicted octanol–water partition coefficient (Wildman–Crippen LogP) is 0.658. The number of carbonyl (C=O) groups is 1. The van der Waals surface area contributed by atoms with Gasteiger partial charge >= 0.3 is 0 Å². The molecule has 0 aromatic rings. The van der Waals surface area contributed by atoms with Crippen molar-refractivity contribution in [2.24, 2.45) is 5.73 Å². The van der Waals surface area contributed by atoms with Crippen molar-refractivity contribution in [2.45, 2.75) is 32.6 Å². The van der Waals surface area contributed by atoms with Crippen molar-refractivity contribution in [1.82, 2.24) is 5.32 Å². The summed E-state index contributed by atoms with van der Waals surface area (Å²) in [5, 5.41) is 2.78. The lowest BCUT2D eigenvalue weighted by atomic mass is 10.3. The normalized spacial score (nSPS) is 10.1. The molecule has 0 rings (SSSR count). The van der Waals surface area contributed by atoms with Crippen molar-refractivity contribution in [1.29, 1.82) is 0 Å². The van der Waals surface area contributed by atoms with E-state index in [1.54, 1.807) is 0 Å². The van der Waals surface area contributed by atoms with Crippen LogP contribution in [0.1, 0.15) is 32.6 Å². The molecule has 0 aliphatic rings. The molecular formula is C10H22N2O2. The van der Waals surface area contributed by atoms with Gasteiger partial charge in [-0.3, -0.25) is 4.79 Å². The van der Waals surface area contributed by atoms with E-state index in [9.17, 15) is 4.79 Å². The van der Waals surface area contributed by atoms with E-state index in [4.69, 9.17) is 10.5 Å². The lowest BCUT2D eigenvalue weighted by Gasteiger charge is -2.04. The second kappa shape index (κ2) is 10.5. The second-order valence-electron chi connectivity index (χ2n) is 3.21. The standard InChI is InChI=1S/C10H22N2O2/c1-2-3-8-14-9-4-7-12-10(13)5-6-11/h2-9,11H2,1H3,(H,12,13). The van der Waals surface area contributed by atoms with Crippen LogP contribution in [0.4, 0.5) is 0 Å². The Labute approximate surface area is 86.2 Å². The molecule has 0 aromatic carbocycles. The Hall–Kier alpha value is -0.610.